The number of ether oxygens (including phenoxy) is 2. The Balaban J connectivity index is 1.55. The van der Waals surface area contributed by atoms with Crippen molar-refractivity contribution in [1.29, 1.82) is 0 Å². The number of rotatable bonds is 9. The summed E-state index contributed by atoms with van der Waals surface area (Å²) < 4.78 is 12.5. The van der Waals surface area contributed by atoms with Crippen molar-refractivity contribution >= 4 is 16.9 Å². The topological polar surface area (TPSA) is 78.3 Å². The van der Waals surface area contributed by atoms with Gasteiger partial charge in [0.1, 0.15) is 12.4 Å². The molecule has 3 rings (SSSR count). The second kappa shape index (κ2) is 9.98. The molecule has 162 valence electrons. The minimum absolute atomic E-state index is 0.0195. The summed E-state index contributed by atoms with van der Waals surface area (Å²) in [4.78, 5) is 17.1. The van der Waals surface area contributed by atoms with Crippen molar-refractivity contribution in [1.82, 2.24) is 20.1 Å². The van der Waals surface area contributed by atoms with Gasteiger partial charge in [-0.05, 0) is 55.5 Å². The molecule has 0 unspecified atom stereocenters. The lowest BCUT2D eigenvalue weighted by Crippen LogP contribution is -2.26. The van der Waals surface area contributed by atoms with Gasteiger partial charge in [-0.25, -0.2) is 9.67 Å². The standard InChI is InChI=1S/C24H28N4O3/c1-6-15-31-19-9-7-18(8-10-19)13-14-25-21(29)12-11-20-16(2)22-23(26-17(20)3)28(4)27-24(22)30-5/h1,7-10H,11-15H2,2-5H3,(H,25,29). The molecule has 2 heterocycles. The summed E-state index contributed by atoms with van der Waals surface area (Å²) in [7, 11) is 3.45. The predicted molar refractivity (Wildman–Crippen MR) is 120 cm³/mol. The molecule has 0 saturated heterocycles. The van der Waals surface area contributed by atoms with Crippen molar-refractivity contribution in [3.05, 3.63) is 46.6 Å². The second-order valence-electron chi connectivity index (χ2n) is 7.37. The van der Waals surface area contributed by atoms with Crippen LogP contribution < -0.4 is 14.8 Å². The number of aryl methyl sites for hydroxylation is 3. The highest BCUT2D eigenvalue weighted by atomic mass is 16.5. The maximum atomic E-state index is 12.4. The summed E-state index contributed by atoms with van der Waals surface area (Å²) in [6.45, 7) is 4.83. The van der Waals surface area contributed by atoms with Crippen molar-refractivity contribution in [3.8, 4) is 24.0 Å². The van der Waals surface area contributed by atoms with Crippen LogP contribution in [0.25, 0.3) is 11.0 Å². The Labute approximate surface area is 182 Å². The first kappa shape index (κ1) is 22.2. The number of pyridine rings is 1. The molecule has 0 radical (unpaired) electrons. The number of fused-ring (bicyclic) bond motifs is 1. The third kappa shape index (κ3) is 5.15. The van der Waals surface area contributed by atoms with Crippen LogP contribution in [0.4, 0.5) is 0 Å². The highest BCUT2D eigenvalue weighted by Crippen LogP contribution is 2.30. The number of nitrogens with zero attached hydrogens (tertiary/aromatic N) is 3. The van der Waals surface area contributed by atoms with Gasteiger partial charge in [0.05, 0.1) is 12.5 Å². The molecule has 0 bridgehead atoms. The van der Waals surface area contributed by atoms with E-state index in [9.17, 15) is 4.79 Å². The van der Waals surface area contributed by atoms with Gasteiger partial charge in [0, 0.05) is 25.7 Å². The molecule has 2 aromatic heterocycles. The number of benzene rings is 1. The quantitative estimate of drug-likeness (QED) is 0.539. The van der Waals surface area contributed by atoms with Gasteiger partial charge in [-0.2, -0.15) is 0 Å². The zero-order chi connectivity index (χ0) is 22.4. The number of methoxy groups -OCH3 is 1. The van der Waals surface area contributed by atoms with Crippen molar-refractivity contribution < 1.29 is 14.3 Å². The summed E-state index contributed by atoms with van der Waals surface area (Å²) in [6.07, 6.45) is 6.95. The molecule has 31 heavy (non-hydrogen) atoms. The van der Waals surface area contributed by atoms with E-state index >= 15 is 0 Å². The Morgan fingerprint density at radius 2 is 1.97 bits per heavy atom. The predicted octanol–water partition coefficient (Wildman–Crippen LogP) is 2.90. The lowest BCUT2D eigenvalue weighted by atomic mass is 10.00. The molecule has 1 aromatic carbocycles. The lowest BCUT2D eigenvalue weighted by molar-refractivity contribution is -0.121. The van der Waals surface area contributed by atoms with Crippen molar-refractivity contribution in [2.75, 3.05) is 20.3 Å². The molecule has 0 aliphatic heterocycles. The Hall–Kier alpha value is -3.53. The average molecular weight is 421 g/mol. The first-order chi connectivity index (χ1) is 14.9. The fourth-order valence-corrected chi connectivity index (χ4v) is 3.66. The molecule has 7 heteroatoms. The van der Waals surface area contributed by atoms with Crippen LogP contribution in [0.15, 0.2) is 24.3 Å². The van der Waals surface area contributed by atoms with E-state index in [0.29, 0.717) is 25.3 Å². The smallest absolute Gasteiger partial charge is 0.242 e. The number of aromatic nitrogens is 3. The number of amides is 1. The molecule has 0 fully saturated rings. The van der Waals surface area contributed by atoms with Gasteiger partial charge in [0.2, 0.25) is 11.8 Å². The number of carbonyl (C=O) groups excluding carboxylic acids is 1. The highest BCUT2D eigenvalue weighted by Gasteiger charge is 2.18. The fourth-order valence-electron chi connectivity index (χ4n) is 3.66. The number of nitrogens with one attached hydrogen (secondary N) is 1. The monoisotopic (exact) mass is 420 g/mol. The molecule has 0 spiro atoms. The maximum Gasteiger partial charge on any atom is 0.242 e. The molecule has 0 saturated carbocycles. The minimum atomic E-state index is 0.0195. The molecular weight excluding hydrogens is 392 g/mol. The van der Waals surface area contributed by atoms with Crippen molar-refractivity contribution in [2.24, 2.45) is 7.05 Å². The molecule has 1 N–H and O–H groups in total. The Kier molecular flexibility index (Phi) is 7.14. The van der Waals surface area contributed by atoms with E-state index in [1.54, 1.807) is 11.8 Å². The van der Waals surface area contributed by atoms with Crippen molar-refractivity contribution in [3.63, 3.8) is 0 Å². The zero-order valence-electron chi connectivity index (χ0n) is 18.5. The van der Waals surface area contributed by atoms with Crippen LogP contribution in [0, 0.1) is 26.2 Å². The Morgan fingerprint density at radius 1 is 1.23 bits per heavy atom. The third-order valence-electron chi connectivity index (χ3n) is 5.30. The lowest BCUT2D eigenvalue weighted by Gasteiger charge is -2.11. The maximum absolute atomic E-state index is 12.4. The SMILES string of the molecule is C#CCOc1ccc(CCNC(=O)CCc2c(C)nc3c(c(OC)nn3C)c2C)cc1. The molecule has 1 amide bonds. The molecule has 0 atom stereocenters. The average Bonchev–Trinajstić information content (AvgIpc) is 3.08. The van der Waals surface area contributed by atoms with Crippen LogP contribution in [0.2, 0.25) is 0 Å². The fraction of sp³-hybridized carbons (Fsp3) is 0.375. The van der Waals surface area contributed by atoms with Gasteiger partial charge in [-0.15, -0.1) is 11.5 Å². The van der Waals surface area contributed by atoms with E-state index in [1.807, 2.05) is 45.2 Å². The summed E-state index contributed by atoms with van der Waals surface area (Å²) in [5.41, 5.74) is 4.95. The van der Waals surface area contributed by atoms with Gasteiger partial charge in [-0.1, -0.05) is 18.1 Å². The molecule has 7 nitrogen and oxygen atoms in total. The van der Waals surface area contributed by atoms with Gasteiger partial charge in [0.15, 0.2) is 5.65 Å². The van der Waals surface area contributed by atoms with E-state index in [0.717, 1.165) is 45.6 Å². The molecular formula is C24H28N4O3. The van der Waals surface area contributed by atoms with Crippen molar-refractivity contribution in [2.45, 2.75) is 33.1 Å². The molecule has 3 aromatic rings. The Morgan fingerprint density at radius 3 is 2.65 bits per heavy atom. The number of hydrogen-bond donors (Lipinski definition) is 1. The van der Waals surface area contributed by atoms with Gasteiger partial charge in [-0.3, -0.25) is 4.79 Å². The number of carbonyl (C=O) groups is 1. The summed E-state index contributed by atoms with van der Waals surface area (Å²) in [5.74, 6) is 3.76. The Bertz CT molecular complexity index is 1110. The first-order valence-corrected chi connectivity index (χ1v) is 10.2. The first-order valence-electron chi connectivity index (χ1n) is 10.2. The number of hydrogen-bond acceptors (Lipinski definition) is 5. The van der Waals surface area contributed by atoms with E-state index in [2.05, 4.69) is 21.3 Å². The van der Waals surface area contributed by atoms with E-state index in [4.69, 9.17) is 15.9 Å². The van der Waals surface area contributed by atoms with E-state index in [-0.39, 0.29) is 12.5 Å². The minimum Gasteiger partial charge on any atom is -0.481 e. The van der Waals surface area contributed by atoms with Crippen LogP contribution in [-0.2, 0) is 24.7 Å². The van der Waals surface area contributed by atoms with E-state index in [1.165, 1.54) is 0 Å². The van der Waals surface area contributed by atoms with E-state index < -0.39 is 0 Å². The molecule has 0 aliphatic rings. The van der Waals surface area contributed by atoms with Gasteiger partial charge in [0.25, 0.3) is 0 Å². The zero-order valence-corrected chi connectivity index (χ0v) is 18.5. The van der Waals surface area contributed by atoms with Gasteiger partial charge < -0.3 is 14.8 Å². The summed E-state index contributed by atoms with van der Waals surface area (Å²) in [5, 5.41) is 8.27. The second-order valence-corrected chi connectivity index (χ2v) is 7.37. The summed E-state index contributed by atoms with van der Waals surface area (Å²) in [6, 6.07) is 7.73. The van der Waals surface area contributed by atoms with Crippen LogP contribution in [0.1, 0.15) is 28.8 Å². The number of terminal acetylenes is 1. The summed E-state index contributed by atoms with van der Waals surface area (Å²) >= 11 is 0. The van der Waals surface area contributed by atoms with Crippen LogP contribution >= 0.6 is 0 Å². The van der Waals surface area contributed by atoms with Crippen LogP contribution in [0.5, 0.6) is 11.6 Å². The highest BCUT2D eigenvalue weighted by molar-refractivity contribution is 5.86. The normalized spacial score (nSPS) is 10.7. The molecule has 0 aliphatic carbocycles. The largest absolute Gasteiger partial charge is 0.481 e. The van der Waals surface area contributed by atoms with Crippen LogP contribution in [-0.4, -0.2) is 40.9 Å². The van der Waals surface area contributed by atoms with Crippen LogP contribution in [0.3, 0.4) is 0 Å². The third-order valence-corrected chi connectivity index (χ3v) is 5.30. The van der Waals surface area contributed by atoms with Gasteiger partial charge >= 0.3 is 0 Å².